The number of likely N-dealkylation sites (tertiary alicyclic amines) is 1. The third-order valence-corrected chi connectivity index (χ3v) is 4.65. The molecule has 6 heteroatoms. The Morgan fingerprint density at radius 3 is 2.85 bits per heavy atom. The third kappa shape index (κ3) is 5.64. The lowest BCUT2D eigenvalue weighted by molar-refractivity contribution is -0.136. The van der Waals surface area contributed by atoms with E-state index < -0.39 is 0 Å². The molecule has 0 aliphatic carbocycles. The van der Waals surface area contributed by atoms with Crippen molar-refractivity contribution in [1.29, 1.82) is 0 Å². The van der Waals surface area contributed by atoms with Crippen LogP contribution in [-0.4, -0.2) is 55.5 Å². The van der Waals surface area contributed by atoms with Gasteiger partial charge < -0.3 is 19.9 Å². The Morgan fingerprint density at radius 1 is 1.38 bits per heavy atom. The zero-order valence-electron chi connectivity index (χ0n) is 16.3. The average Bonchev–Trinajstić information content (AvgIpc) is 2.65. The molecule has 0 saturated carbocycles. The predicted molar refractivity (Wildman–Crippen MR) is 102 cm³/mol. The zero-order chi connectivity index (χ0) is 19.1. The summed E-state index contributed by atoms with van der Waals surface area (Å²) >= 11 is 0. The lowest BCUT2D eigenvalue weighted by Crippen LogP contribution is -2.49. The van der Waals surface area contributed by atoms with Crippen LogP contribution in [0.2, 0.25) is 0 Å². The number of benzene rings is 1. The van der Waals surface area contributed by atoms with Gasteiger partial charge in [-0.25, -0.2) is 4.79 Å². The van der Waals surface area contributed by atoms with Gasteiger partial charge in [0, 0.05) is 33.2 Å². The molecule has 144 valence electrons. The molecule has 1 atom stereocenters. The largest absolute Gasteiger partial charge is 0.497 e. The molecule has 1 aliphatic heterocycles. The number of carbonyl (C=O) groups excluding carboxylic acids is 2. The van der Waals surface area contributed by atoms with Crippen LogP contribution in [0.1, 0.15) is 32.3 Å². The number of piperidine rings is 1. The van der Waals surface area contributed by atoms with Crippen molar-refractivity contribution in [2.75, 3.05) is 33.8 Å². The first kappa shape index (κ1) is 20.1. The Kier molecular flexibility index (Phi) is 7.30. The number of carbonyl (C=O) groups is 2. The molecule has 3 amide bonds. The van der Waals surface area contributed by atoms with E-state index in [1.807, 2.05) is 31.3 Å². The molecule has 1 saturated heterocycles. The minimum absolute atomic E-state index is 0.0633. The van der Waals surface area contributed by atoms with Crippen LogP contribution >= 0.6 is 0 Å². The van der Waals surface area contributed by atoms with E-state index >= 15 is 0 Å². The van der Waals surface area contributed by atoms with Gasteiger partial charge in [-0.3, -0.25) is 4.79 Å². The van der Waals surface area contributed by atoms with Crippen LogP contribution in [0.5, 0.6) is 5.75 Å². The first-order valence-electron chi connectivity index (χ1n) is 9.31. The molecule has 1 aromatic carbocycles. The van der Waals surface area contributed by atoms with Crippen LogP contribution in [0.4, 0.5) is 4.79 Å². The molecule has 1 fully saturated rings. The van der Waals surface area contributed by atoms with Crippen molar-refractivity contribution >= 4 is 11.9 Å². The number of amides is 3. The summed E-state index contributed by atoms with van der Waals surface area (Å²) in [6, 6.07) is 7.68. The SMILES string of the molecule is COc1cccc(CN(C)C(=O)[C@@H]2CCCN(C(=O)NCC(C)C)C2)c1. The van der Waals surface area contributed by atoms with E-state index in [-0.39, 0.29) is 17.9 Å². The van der Waals surface area contributed by atoms with Gasteiger partial charge in [0.25, 0.3) is 0 Å². The minimum atomic E-state index is -0.135. The summed E-state index contributed by atoms with van der Waals surface area (Å²) < 4.78 is 5.24. The molecule has 6 nitrogen and oxygen atoms in total. The molecule has 0 bridgehead atoms. The van der Waals surface area contributed by atoms with E-state index in [2.05, 4.69) is 19.2 Å². The van der Waals surface area contributed by atoms with Gasteiger partial charge in [-0.1, -0.05) is 26.0 Å². The molecule has 1 aromatic rings. The van der Waals surface area contributed by atoms with Crippen LogP contribution < -0.4 is 10.1 Å². The molecular formula is C20H31N3O3. The molecule has 1 aliphatic rings. The molecule has 1 N–H and O–H groups in total. The highest BCUT2D eigenvalue weighted by molar-refractivity contribution is 5.80. The molecule has 2 rings (SSSR count). The molecule has 0 spiro atoms. The summed E-state index contributed by atoms with van der Waals surface area (Å²) in [5, 5.41) is 2.94. The van der Waals surface area contributed by atoms with Gasteiger partial charge in [-0.2, -0.15) is 0 Å². The average molecular weight is 361 g/mol. The summed E-state index contributed by atoms with van der Waals surface area (Å²) in [6.45, 7) is 6.53. The van der Waals surface area contributed by atoms with Gasteiger partial charge in [0.1, 0.15) is 5.75 Å². The third-order valence-electron chi connectivity index (χ3n) is 4.65. The van der Waals surface area contributed by atoms with Gasteiger partial charge in [0.2, 0.25) is 5.91 Å². The summed E-state index contributed by atoms with van der Waals surface area (Å²) in [7, 11) is 3.45. The number of rotatable bonds is 6. The summed E-state index contributed by atoms with van der Waals surface area (Å²) in [6.07, 6.45) is 1.69. The van der Waals surface area contributed by atoms with Crippen molar-refractivity contribution in [2.45, 2.75) is 33.2 Å². The highest BCUT2D eigenvalue weighted by Gasteiger charge is 2.30. The number of methoxy groups -OCH3 is 1. The first-order valence-corrected chi connectivity index (χ1v) is 9.31. The van der Waals surface area contributed by atoms with Crippen LogP contribution in [-0.2, 0) is 11.3 Å². The van der Waals surface area contributed by atoms with Crippen LogP contribution in [0.15, 0.2) is 24.3 Å². The van der Waals surface area contributed by atoms with Gasteiger partial charge >= 0.3 is 6.03 Å². The second-order valence-corrected chi connectivity index (χ2v) is 7.41. The maximum Gasteiger partial charge on any atom is 0.317 e. The van der Waals surface area contributed by atoms with E-state index in [1.165, 1.54) is 0 Å². The van der Waals surface area contributed by atoms with Crippen molar-refractivity contribution in [2.24, 2.45) is 11.8 Å². The lowest BCUT2D eigenvalue weighted by Gasteiger charge is -2.34. The highest BCUT2D eigenvalue weighted by Crippen LogP contribution is 2.20. The summed E-state index contributed by atoms with van der Waals surface area (Å²) in [4.78, 5) is 28.6. The Balaban J connectivity index is 1.91. The molecule has 0 unspecified atom stereocenters. The quantitative estimate of drug-likeness (QED) is 0.847. The zero-order valence-corrected chi connectivity index (χ0v) is 16.3. The fraction of sp³-hybridized carbons (Fsp3) is 0.600. The number of hydrogen-bond donors (Lipinski definition) is 1. The minimum Gasteiger partial charge on any atom is -0.497 e. The van der Waals surface area contributed by atoms with E-state index in [0.29, 0.717) is 32.1 Å². The van der Waals surface area contributed by atoms with Crippen LogP contribution in [0.3, 0.4) is 0 Å². The number of nitrogens with one attached hydrogen (secondary N) is 1. The Hall–Kier alpha value is -2.24. The van der Waals surface area contributed by atoms with Crippen LogP contribution in [0, 0.1) is 11.8 Å². The maximum absolute atomic E-state index is 12.8. The topological polar surface area (TPSA) is 61.9 Å². The van der Waals surface area contributed by atoms with Gasteiger partial charge in [0.05, 0.1) is 13.0 Å². The standard InChI is InChI=1S/C20H31N3O3/c1-15(2)12-21-20(25)23-10-6-8-17(14-23)19(24)22(3)13-16-7-5-9-18(11-16)26-4/h5,7,9,11,15,17H,6,8,10,12-14H2,1-4H3,(H,21,25)/t17-/m1/s1. The molecule has 0 radical (unpaired) electrons. The highest BCUT2D eigenvalue weighted by atomic mass is 16.5. The second-order valence-electron chi connectivity index (χ2n) is 7.41. The molecular weight excluding hydrogens is 330 g/mol. The van der Waals surface area contributed by atoms with Crippen molar-refractivity contribution in [3.05, 3.63) is 29.8 Å². The van der Waals surface area contributed by atoms with Gasteiger partial charge in [-0.15, -0.1) is 0 Å². The first-order chi connectivity index (χ1) is 12.4. The van der Waals surface area contributed by atoms with Gasteiger partial charge in [-0.05, 0) is 36.5 Å². The smallest absolute Gasteiger partial charge is 0.317 e. The van der Waals surface area contributed by atoms with E-state index in [9.17, 15) is 9.59 Å². The fourth-order valence-electron chi connectivity index (χ4n) is 3.20. The van der Waals surface area contributed by atoms with Gasteiger partial charge in [0.15, 0.2) is 0 Å². The van der Waals surface area contributed by atoms with Crippen molar-refractivity contribution in [3.8, 4) is 5.75 Å². The number of hydrogen-bond acceptors (Lipinski definition) is 3. The molecule has 26 heavy (non-hydrogen) atoms. The van der Waals surface area contributed by atoms with Crippen molar-refractivity contribution in [3.63, 3.8) is 0 Å². The Labute approximate surface area is 156 Å². The Morgan fingerprint density at radius 2 is 2.15 bits per heavy atom. The summed E-state index contributed by atoms with van der Waals surface area (Å²) in [5.41, 5.74) is 1.03. The maximum atomic E-state index is 12.8. The van der Waals surface area contributed by atoms with Crippen molar-refractivity contribution in [1.82, 2.24) is 15.1 Å². The fourth-order valence-corrected chi connectivity index (χ4v) is 3.20. The predicted octanol–water partition coefficient (Wildman–Crippen LogP) is 2.73. The van der Waals surface area contributed by atoms with E-state index in [4.69, 9.17) is 4.74 Å². The Bertz CT molecular complexity index is 618. The number of urea groups is 1. The van der Waals surface area contributed by atoms with Crippen LogP contribution in [0.25, 0.3) is 0 Å². The van der Waals surface area contributed by atoms with E-state index in [0.717, 1.165) is 24.2 Å². The molecule has 0 aromatic heterocycles. The summed E-state index contributed by atoms with van der Waals surface area (Å²) in [5.74, 6) is 1.16. The molecule has 1 heterocycles. The normalized spacial score (nSPS) is 17.1. The van der Waals surface area contributed by atoms with Crippen molar-refractivity contribution < 1.29 is 14.3 Å². The number of nitrogens with zero attached hydrogens (tertiary/aromatic N) is 2. The number of ether oxygens (including phenoxy) is 1. The lowest BCUT2D eigenvalue weighted by atomic mass is 9.96. The second kappa shape index (κ2) is 9.46. The van der Waals surface area contributed by atoms with E-state index in [1.54, 1.807) is 16.9 Å². The monoisotopic (exact) mass is 361 g/mol.